The molecule has 0 aromatic carbocycles. The number of aryl methyl sites for hydroxylation is 1. The summed E-state index contributed by atoms with van der Waals surface area (Å²) in [5.74, 6) is 1.44. The molecule has 2 heterocycles. The molecule has 84 valence electrons. The maximum absolute atomic E-state index is 6.08. The third-order valence-electron chi connectivity index (χ3n) is 2.33. The van der Waals surface area contributed by atoms with Gasteiger partial charge in [-0.15, -0.1) is 0 Å². The van der Waals surface area contributed by atoms with Crippen LogP contribution >= 0.6 is 11.6 Å². The lowest BCUT2D eigenvalue weighted by molar-refractivity contribution is 0.801. The van der Waals surface area contributed by atoms with E-state index in [0.717, 1.165) is 17.2 Å². The van der Waals surface area contributed by atoms with Crippen LogP contribution in [0.3, 0.4) is 0 Å². The van der Waals surface area contributed by atoms with Crippen molar-refractivity contribution in [1.29, 1.82) is 0 Å². The van der Waals surface area contributed by atoms with Crippen molar-refractivity contribution in [2.75, 3.05) is 12.4 Å². The van der Waals surface area contributed by atoms with E-state index in [4.69, 9.17) is 11.6 Å². The molecule has 0 unspecified atom stereocenters. The van der Waals surface area contributed by atoms with Gasteiger partial charge in [0.05, 0.1) is 16.4 Å². The zero-order valence-corrected chi connectivity index (χ0v) is 10.1. The monoisotopic (exact) mass is 237 g/mol. The fourth-order valence-electron chi connectivity index (χ4n) is 1.45. The Morgan fingerprint density at radius 3 is 2.62 bits per heavy atom. The van der Waals surface area contributed by atoms with Gasteiger partial charge < -0.3 is 5.32 Å². The number of hydrogen-bond acceptors (Lipinski definition) is 4. The number of rotatable bonds is 2. The average Bonchev–Trinajstić information content (AvgIpc) is 2.57. The number of halogens is 1. The maximum atomic E-state index is 6.08. The second-order valence-corrected chi connectivity index (χ2v) is 3.79. The normalized spacial score (nSPS) is 10.5. The molecule has 0 amide bonds. The molecular weight excluding hydrogens is 226 g/mol. The molecule has 0 saturated heterocycles. The standard InChI is InChI=1S/C10H12ClN5/c1-6-10(11)7(2)16(15-6)9-4-8(12-3)13-5-14-9/h4-5H,1-3H3,(H,12,13,14). The lowest BCUT2D eigenvalue weighted by Gasteiger charge is -2.04. The summed E-state index contributed by atoms with van der Waals surface area (Å²) in [4.78, 5) is 8.21. The fraction of sp³-hybridized carbons (Fsp3) is 0.300. The van der Waals surface area contributed by atoms with Crippen LogP contribution in [-0.2, 0) is 0 Å². The van der Waals surface area contributed by atoms with Crippen LogP contribution < -0.4 is 5.32 Å². The molecular formula is C10H12ClN5. The Morgan fingerprint density at radius 2 is 2.06 bits per heavy atom. The molecule has 0 bridgehead atoms. The van der Waals surface area contributed by atoms with Crippen molar-refractivity contribution in [3.63, 3.8) is 0 Å². The molecule has 0 radical (unpaired) electrons. The molecule has 0 aliphatic rings. The van der Waals surface area contributed by atoms with Gasteiger partial charge in [-0.2, -0.15) is 5.10 Å². The molecule has 16 heavy (non-hydrogen) atoms. The molecule has 2 aromatic heterocycles. The Balaban J connectivity index is 2.54. The van der Waals surface area contributed by atoms with E-state index < -0.39 is 0 Å². The lowest BCUT2D eigenvalue weighted by Crippen LogP contribution is -2.04. The van der Waals surface area contributed by atoms with Gasteiger partial charge in [-0.05, 0) is 13.8 Å². The second-order valence-electron chi connectivity index (χ2n) is 3.41. The van der Waals surface area contributed by atoms with E-state index in [-0.39, 0.29) is 0 Å². The number of aromatic nitrogens is 4. The van der Waals surface area contributed by atoms with Gasteiger partial charge in [-0.3, -0.25) is 0 Å². The molecule has 0 fully saturated rings. The first-order valence-corrected chi connectivity index (χ1v) is 5.23. The van der Waals surface area contributed by atoms with Crippen molar-refractivity contribution >= 4 is 17.4 Å². The third-order valence-corrected chi connectivity index (χ3v) is 2.88. The fourth-order valence-corrected chi connectivity index (χ4v) is 1.56. The highest BCUT2D eigenvalue weighted by Crippen LogP contribution is 2.21. The Labute approximate surface area is 98.5 Å². The van der Waals surface area contributed by atoms with Crippen LogP contribution in [0.4, 0.5) is 5.82 Å². The molecule has 0 saturated carbocycles. The van der Waals surface area contributed by atoms with E-state index >= 15 is 0 Å². The Kier molecular flexibility index (Phi) is 2.78. The number of nitrogens with one attached hydrogen (secondary N) is 1. The number of anilines is 1. The van der Waals surface area contributed by atoms with Gasteiger partial charge in [0.25, 0.3) is 0 Å². The van der Waals surface area contributed by atoms with Crippen molar-refractivity contribution in [1.82, 2.24) is 19.7 Å². The van der Waals surface area contributed by atoms with Crippen LogP contribution in [0.5, 0.6) is 0 Å². The Bertz CT molecular complexity index is 520. The van der Waals surface area contributed by atoms with Gasteiger partial charge in [0, 0.05) is 13.1 Å². The van der Waals surface area contributed by atoms with Crippen LogP contribution in [0.25, 0.3) is 5.82 Å². The predicted molar refractivity (Wildman–Crippen MR) is 63.2 cm³/mol. The summed E-state index contributed by atoms with van der Waals surface area (Å²) in [6.07, 6.45) is 1.49. The van der Waals surface area contributed by atoms with Crippen LogP contribution in [0.15, 0.2) is 12.4 Å². The topological polar surface area (TPSA) is 55.6 Å². The summed E-state index contributed by atoms with van der Waals surface area (Å²) >= 11 is 6.08. The Morgan fingerprint density at radius 1 is 1.31 bits per heavy atom. The minimum absolute atomic E-state index is 0.671. The first kappa shape index (κ1) is 10.9. The van der Waals surface area contributed by atoms with Gasteiger partial charge in [0.1, 0.15) is 12.1 Å². The highest BCUT2D eigenvalue weighted by atomic mass is 35.5. The van der Waals surface area contributed by atoms with Crippen LogP contribution in [0.2, 0.25) is 5.02 Å². The van der Waals surface area contributed by atoms with E-state index in [2.05, 4.69) is 20.4 Å². The molecule has 6 heteroatoms. The molecule has 5 nitrogen and oxygen atoms in total. The molecule has 2 aromatic rings. The molecule has 1 N–H and O–H groups in total. The summed E-state index contributed by atoms with van der Waals surface area (Å²) in [6.45, 7) is 3.77. The highest BCUT2D eigenvalue weighted by Gasteiger charge is 2.11. The zero-order chi connectivity index (χ0) is 11.7. The van der Waals surface area contributed by atoms with E-state index in [9.17, 15) is 0 Å². The largest absolute Gasteiger partial charge is 0.373 e. The first-order valence-electron chi connectivity index (χ1n) is 4.85. The van der Waals surface area contributed by atoms with Crippen LogP contribution in [0, 0.1) is 13.8 Å². The van der Waals surface area contributed by atoms with Gasteiger partial charge in [0.15, 0.2) is 5.82 Å². The van der Waals surface area contributed by atoms with Crippen LogP contribution in [-0.4, -0.2) is 26.8 Å². The molecule has 0 aliphatic heterocycles. The van der Waals surface area contributed by atoms with Crippen LogP contribution in [0.1, 0.15) is 11.4 Å². The summed E-state index contributed by atoms with van der Waals surface area (Å²) < 4.78 is 1.71. The summed E-state index contributed by atoms with van der Waals surface area (Å²) in [6, 6.07) is 1.82. The van der Waals surface area contributed by atoms with E-state index in [1.165, 1.54) is 6.33 Å². The van der Waals surface area contributed by atoms with E-state index in [1.54, 1.807) is 11.7 Å². The van der Waals surface area contributed by atoms with Gasteiger partial charge in [-0.1, -0.05) is 11.6 Å². The molecule has 2 rings (SSSR count). The molecule has 0 aliphatic carbocycles. The van der Waals surface area contributed by atoms with Crippen molar-refractivity contribution in [3.8, 4) is 5.82 Å². The smallest absolute Gasteiger partial charge is 0.159 e. The summed E-state index contributed by atoms with van der Waals surface area (Å²) in [5.41, 5.74) is 1.67. The summed E-state index contributed by atoms with van der Waals surface area (Å²) in [5, 5.41) is 7.95. The molecule has 0 atom stereocenters. The van der Waals surface area contributed by atoms with E-state index in [0.29, 0.717) is 10.8 Å². The van der Waals surface area contributed by atoms with Gasteiger partial charge in [-0.25, -0.2) is 14.6 Å². The Hall–Kier alpha value is -1.62. The third kappa shape index (κ3) is 1.74. The number of hydrogen-bond donors (Lipinski definition) is 1. The highest BCUT2D eigenvalue weighted by molar-refractivity contribution is 6.31. The van der Waals surface area contributed by atoms with Gasteiger partial charge in [0.2, 0.25) is 0 Å². The molecule has 0 spiro atoms. The maximum Gasteiger partial charge on any atom is 0.159 e. The minimum Gasteiger partial charge on any atom is -0.373 e. The lowest BCUT2D eigenvalue weighted by atomic mass is 10.4. The second kappa shape index (κ2) is 4.09. The van der Waals surface area contributed by atoms with Crippen molar-refractivity contribution in [2.45, 2.75) is 13.8 Å². The quantitative estimate of drug-likeness (QED) is 0.868. The summed E-state index contributed by atoms with van der Waals surface area (Å²) in [7, 11) is 1.81. The zero-order valence-electron chi connectivity index (χ0n) is 9.32. The SMILES string of the molecule is CNc1cc(-n2nc(C)c(Cl)c2C)ncn1. The van der Waals surface area contributed by atoms with Gasteiger partial charge >= 0.3 is 0 Å². The minimum atomic E-state index is 0.671. The van der Waals surface area contributed by atoms with Crippen molar-refractivity contribution < 1.29 is 0 Å². The van der Waals surface area contributed by atoms with E-state index in [1.807, 2.05) is 19.9 Å². The number of nitrogens with zero attached hydrogens (tertiary/aromatic N) is 4. The first-order chi connectivity index (χ1) is 7.63. The average molecular weight is 238 g/mol. The predicted octanol–water partition coefficient (Wildman–Crippen LogP) is 1.97. The van der Waals surface area contributed by atoms with Crippen molar-refractivity contribution in [3.05, 3.63) is 28.8 Å². The van der Waals surface area contributed by atoms with Crippen molar-refractivity contribution in [2.24, 2.45) is 0 Å².